The molecule has 0 saturated carbocycles. The number of nitrogens with one attached hydrogen (secondary N) is 1. The summed E-state index contributed by atoms with van der Waals surface area (Å²) in [5, 5.41) is 0. The average Bonchev–Trinajstić information content (AvgIpc) is 2.16. The van der Waals surface area contributed by atoms with Crippen molar-refractivity contribution in [3.8, 4) is 0 Å². The van der Waals surface area contributed by atoms with Crippen molar-refractivity contribution in [2.75, 3.05) is 6.54 Å². The first-order valence-corrected chi connectivity index (χ1v) is 7.04. The molecule has 1 aromatic rings. The normalized spacial score (nSPS) is 12.8. The van der Waals surface area contributed by atoms with Gasteiger partial charge in [-0.3, -0.25) is 0 Å². The van der Waals surface area contributed by atoms with Crippen LogP contribution >= 0.6 is 15.9 Å². The van der Waals surface area contributed by atoms with Gasteiger partial charge in [0.05, 0.1) is 4.90 Å². The Bertz CT molecular complexity index is 471. The standard InChI is InChI=1S/C10H15BrN2O2S/c1-10(2,7-12)13-16(14,15)9-5-3-4-8(11)6-9/h3-6,13H,7,12H2,1-2H3. The molecule has 1 rings (SSSR count). The van der Waals surface area contributed by atoms with Crippen molar-refractivity contribution in [3.05, 3.63) is 28.7 Å². The second-order valence-electron chi connectivity index (χ2n) is 4.15. The number of sulfonamides is 1. The van der Waals surface area contributed by atoms with Crippen LogP contribution in [0, 0.1) is 0 Å². The lowest BCUT2D eigenvalue weighted by Gasteiger charge is -2.23. The van der Waals surface area contributed by atoms with E-state index in [2.05, 4.69) is 20.7 Å². The van der Waals surface area contributed by atoms with E-state index in [1.54, 1.807) is 38.1 Å². The van der Waals surface area contributed by atoms with Crippen molar-refractivity contribution in [2.45, 2.75) is 24.3 Å². The summed E-state index contributed by atoms with van der Waals surface area (Å²) >= 11 is 3.23. The maximum atomic E-state index is 12.0. The van der Waals surface area contributed by atoms with Crippen molar-refractivity contribution in [1.82, 2.24) is 4.72 Å². The first-order chi connectivity index (χ1) is 7.27. The highest BCUT2D eigenvalue weighted by molar-refractivity contribution is 9.10. The smallest absolute Gasteiger partial charge is 0.241 e. The van der Waals surface area contributed by atoms with Crippen molar-refractivity contribution < 1.29 is 8.42 Å². The highest BCUT2D eigenvalue weighted by Crippen LogP contribution is 2.17. The summed E-state index contributed by atoms with van der Waals surface area (Å²) in [7, 11) is -3.51. The van der Waals surface area contributed by atoms with Crippen LogP contribution in [0.3, 0.4) is 0 Å². The van der Waals surface area contributed by atoms with Gasteiger partial charge in [0.15, 0.2) is 0 Å². The van der Waals surface area contributed by atoms with Gasteiger partial charge in [0.1, 0.15) is 0 Å². The van der Waals surface area contributed by atoms with E-state index < -0.39 is 15.6 Å². The van der Waals surface area contributed by atoms with E-state index >= 15 is 0 Å². The molecule has 90 valence electrons. The molecular formula is C10H15BrN2O2S. The number of nitrogens with two attached hydrogens (primary N) is 1. The Morgan fingerprint density at radius 3 is 2.56 bits per heavy atom. The molecule has 0 amide bonds. The van der Waals surface area contributed by atoms with Gasteiger partial charge in [-0.2, -0.15) is 0 Å². The summed E-state index contributed by atoms with van der Waals surface area (Å²) in [4.78, 5) is 0.225. The molecule has 4 nitrogen and oxygen atoms in total. The Kier molecular flexibility index (Phi) is 4.12. The Labute approximate surface area is 104 Å². The van der Waals surface area contributed by atoms with Crippen LogP contribution < -0.4 is 10.5 Å². The van der Waals surface area contributed by atoms with Gasteiger partial charge in [-0.05, 0) is 32.0 Å². The van der Waals surface area contributed by atoms with Crippen molar-refractivity contribution >= 4 is 26.0 Å². The van der Waals surface area contributed by atoms with Crippen LogP contribution in [0.15, 0.2) is 33.6 Å². The predicted molar refractivity (Wildman–Crippen MR) is 67.6 cm³/mol. The number of benzene rings is 1. The number of rotatable bonds is 4. The molecule has 1 aromatic carbocycles. The molecule has 0 saturated heterocycles. The van der Waals surface area contributed by atoms with Crippen LogP contribution in [-0.2, 0) is 10.0 Å². The summed E-state index contributed by atoms with van der Waals surface area (Å²) in [6.07, 6.45) is 0. The molecule has 0 aromatic heterocycles. The molecular weight excluding hydrogens is 292 g/mol. The lowest BCUT2D eigenvalue weighted by molar-refractivity contribution is 0.462. The van der Waals surface area contributed by atoms with E-state index in [1.165, 1.54) is 0 Å². The molecule has 16 heavy (non-hydrogen) atoms. The summed E-state index contributed by atoms with van der Waals surface area (Å²) in [5.74, 6) is 0. The van der Waals surface area contributed by atoms with Crippen LogP contribution in [-0.4, -0.2) is 20.5 Å². The summed E-state index contributed by atoms with van der Waals surface area (Å²) in [5.41, 5.74) is 4.83. The first-order valence-electron chi connectivity index (χ1n) is 4.76. The van der Waals surface area contributed by atoms with Gasteiger partial charge in [-0.1, -0.05) is 22.0 Å². The topological polar surface area (TPSA) is 72.2 Å². The zero-order chi connectivity index (χ0) is 12.4. The van der Waals surface area contributed by atoms with Gasteiger partial charge in [-0.15, -0.1) is 0 Å². The van der Waals surface area contributed by atoms with Crippen molar-refractivity contribution in [3.63, 3.8) is 0 Å². The Morgan fingerprint density at radius 2 is 2.06 bits per heavy atom. The minimum absolute atomic E-state index is 0.225. The SMILES string of the molecule is CC(C)(CN)NS(=O)(=O)c1cccc(Br)c1. The lowest BCUT2D eigenvalue weighted by Crippen LogP contribution is -2.48. The van der Waals surface area contributed by atoms with Crippen LogP contribution in [0.1, 0.15) is 13.8 Å². The molecule has 0 spiro atoms. The minimum Gasteiger partial charge on any atom is -0.329 e. The van der Waals surface area contributed by atoms with Gasteiger partial charge in [0.2, 0.25) is 10.0 Å². The second-order valence-corrected chi connectivity index (χ2v) is 6.75. The number of hydrogen-bond donors (Lipinski definition) is 2. The molecule has 0 aliphatic carbocycles. The van der Waals surface area contributed by atoms with E-state index in [0.717, 1.165) is 4.47 Å². The molecule has 0 atom stereocenters. The number of halogens is 1. The summed E-state index contributed by atoms with van der Waals surface area (Å²) in [6.45, 7) is 3.71. The van der Waals surface area contributed by atoms with Crippen molar-refractivity contribution in [1.29, 1.82) is 0 Å². The van der Waals surface area contributed by atoms with Gasteiger partial charge in [0, 0.05) is 16.6 Å². The van der Waals surface area contributed by atoms with Gasteiger partial charge in [-0.25, -0.2) is 13.1 Å². The lowest BCUT2D eigenvalue weighted by atomic mass is 10.1. The Hall–Kier alpha value is -0.430. The average molecular weight is 307 g/mol. The molecule has 0 aliphatic rings. The van der Waals surface area contributed by atoms with Crippen LogP contribution in [0.5, 0.6) is 0 Å². The third-order valence-electron chi connectivity index (χ3n) is 2.03. The third kappa shape index (κ3) is 3.55. The fraction of sp³-hybridized carbons (Fsp3) is 0.400. The molecule has 0 heterocycles. The Balaban J connectivity index is 3.04. The van der Waals surface area contributed by atoms with E-state index in [-0.39, 0.29) is 11.4 Å². The van der Waals surface area contributed by atoms with Crippen molar-refractivity contribution in [2.24, 2.45) is 5.73 Å². The predicted octanol–water partition coefficient (Wildman–Crippen LogP) is 1.46. The zero-order valence-corrected chi connectivity index (χ0v) is 11.6. The molecule has 0 unspecified atom stereocenters. The quantitative estimate of drug-likeness (QED) is 0.884. The van der Waals surface area contributed by atoms with Crippen LogP contribution in [0.4, 0.5) is 0 Å². The van der Waals surface area contributed by atoms with E-state index in [9.17, 15) is 8.42 Å². The monoisotopic (exact) mass is 306 g/mol. The van der Waals surface area contributed by atoms with Gasteiger partial charge < -0.3 is 5.73 Å². The first kappa shape index (κ1) is 13.6. The van der Waals surface area contributed by atoms with E-state index in [0.29, 0.717) is 0 Å². The highest BCUT2D eigenvalue weighted by atomic mass is 79.9. The van der Waals surface area contributed by atoms with E-state index in [1.807, 2.05) is 0 Å². The molecule has 0 bridgehead atoms. The Morgan fingerprint density at radius 1 is 1.44 bits per heavy atom. The fourth-order valence-electron chi connectivity index (χ4n) is 1.10. The zero-order valence-electron chi connectivity index (χ0n) is 9.20. The summed E-state index contributed by atoms with van der Waals surface area (Å²) in [6, 6.07) is 6.54. The fourth-order valence-corrected chi connectivity index (χ4v) is 3.12. The molecule has 6 heteroatoms. The van der Waals surface area contributed by atoms with E-state index in [4.69, 9.17) is 5.73 Å². The highest BCUT2D eigenvalue weighted by Gasteiger charge is 2.24. The summed E-state index contributed by atoms with van der Waals surface area (Å²) < 4.78 is 27.2. The molecule has 3 N–H and O–H groups in total. The third-order valence-corrected chi connectivity index (χ3v) is 4.22. The van der Waals surface area contributed by atoms with Crippen LogP contribution in [0.2, 0.25) is 0 Å². The van der Waals surface area contributed by atoms with Gasteiger partial charge >= 0.3 is 0 Å². The second kappa shape index (κ2) is 4.83. The number of hydrogen-bond acceptors (Lipinski definition) is 3. The molecule has 0 radical (unpaired) electrons. The maximum Gasteiger partial charge on any atom is 0.241 e. The largest absolute Gasteiger partial charge is 0.329 e. The van der Waals surface area contributed by atoms with Crippen LogP contribution in [0.25, 0.3) is 0 Å². The molecule has 0 fully saturated rings. The van der Waals surface area contributed by atoms with Gasteiger partial charge in [0.25, 0.3) is 0 Å². The maximum absolute atomic E-state index is 12.0. The molecule has 0 aliphatic heterocycles. The minimum atomic E-state index is -3.51.